The van der Waals surface area contributed by atoms with Crippen LogP contribution in [0.1, 0.15) is 29.4 Å². The predicted molar refractivity (Wildman–Crippen MR) is 74.0 cm³/mol. The second-order valence-electron chi connectivity index (χ2n) is 4.81. The summed E-state index contributed by atoms with van der Waals surface area (Å²) in [6.07, 6.45) is 0.240. The van der Waals surface area contributed by atoms with E-state index in [9.17, 15) is 14.0 Å². The first-order chi connectivity index (χ1) is 9.65. The normalized spacial score (nSPS) is 22.6. The van der Waals surface area contributed by atoms with Gasteiger partial charge >= 0.3 is 0 Å². The fourth-order valence-corrected chi connectivity index (χ4v) is 3.37. The first-order valence-corrected chi connectivity index (χ1v) is 7.20. The molecular weight excluding hydrogens is 277 g/mol. The van der Waals surface area contributed by atoms with Gasteiger partial charge in [-0.3, -0.25) is 14.9 Å². The summed E-state index contributed by atoms with van der Waals surface area (Å²) in [5.74, 6) is -1.78. The lowest BCUT2D eigenvalue weighted by Crippen LogP contribution is -2.43. The van der Waals surface area contributed by atoms with E-state index in [2.05, 4.69) is 5.32 Å². The molecular formula is C15H12FNO2S. The first-order valence-electron chi connectivity index (χ1n) is 6.26. The monoisotopic (exact) mass is 289 g/mol. The van der Waals surface area contributed by atoms with Crippen LogP contribution in [0.3, 0.4) is 0 Å². The molecule has 0 aliphatic carbocycles. The number of nitrogens with one attached hydrogen (secondary N) is 1. The number of rotatable bonds is 2. The van der Waals surface area contributed by atoms with Crippen molar-refractivity contribution >= 4 is 23.2 Å². The van der Waals surface area contributed by atoms with Gasteiger partial charge in [0, 0.05) is 12.3 Å². The second-order valence-corrected chi connectivity index (χ2v) is 5.59. The zero-order valence-corrected chi connectivity index (χ0v) is 11.3. The largest absolute Gasteiger partial charge is 0.296 e. The number of halogens is 1. The van der Waals surface area contributed by atoms with Gasteiger partial charge in [-0.2, -0.15) is 11.3 Å². The van der Waals surface area contributed by atoms with Crippen molar-refractivity contribution in [3.63, 3.8) is 0 Å². The van der Waals surface area contributed by atoms with Crippen LogP contribution in [0.25, 0.3) is 0 Å². The zero-order valence-electron chi connectivity index (χ0n) is 10.5. The highest BCUT2D eigenvalue weighted by atomic mass is 32.1. The van der Waals surface area contributed by atoms with E-state index in [1.165, 1.54) is 23.5 Å². The molecule has 1 aliphatic heterocycles. The van der Waals surface area contributed by atoms with E-state index >= 15 is 0 Å². The minimum absolute atomic E-state index is 0.232. The highest BCUT2D eigenvalue weighted by molar-refractivity contribution is 7.08. The number of imide groups is 1. The number of thiophene rings is 1. The summed E-state index contributed by atoms with van der Waals surface area (Å²) in [7, 11) is 0. The first kappa shape index (κ1) is 13.0. The Bertz CT molecular complexity index is 654. The van der Waals surface area contributed by atoms with Gasteiger partial charge in [-0.05, 0) is 40.1 Å². The molecule has 0 radical (unpaired) electrons. The Labute approximate surface area is 119 Å². The van der Waals surface area contributed by atoms with E-state index in [1.807, 2.05) is 16.8 Å². The standard InChI is InChI=1S/C15H12FNO2S/c16-11-3-1-2-9(6-11)14-12(10-4-5-20-8-10)7-13(18)17-15(14)19/h1-6,8,12,14H,7H2,(H,17,18,19). The Kier molecular flexibility index (Phi) is 3.36. The van der Waals surface area contributed by atoms with Gasteiger partial charge in [0.05, 0.1) is 5.92 Å². The Morgan fingerprint density at radius 2 is 2.05 bits per heavy atom. The van der Waals surface area contributed by atoms with E-state index in [-0.39, 0.29) is 30.0 Å². The molecule has 2 atom stereocenters. The molecule has 1 N–H and O–H groups in total. The van der Waals surface area contributed by atoms with Crippen molar-refractivity contribution in [2.24, 2.45) is 0 Å². The third kappa shape index (κ3) is 2.36. The molecule has 1 aliphatic rings. The molecule has 2 aromatic rings. The molecule has 1 aromatic carbocycles. The highest BCUT2D eigenvalue weighted by Crippen LogP contribution is 2.39. The van der Waals surface area contributed by atoms with E-state index in [1.54, 1.807) is 12.1 Å². The number of hydrogen-bond acceptors (Lipinski definition) is 3. The lowest BCUT2D eigenvalue weighted by atomic mass is 9.77. The summed E-state index contributed by atoms with van der Waals surface area (Å²) in [4.78, 5) is 23.8. The minimum atomic E-state index is -0.530. The van der Waals surface area contributed by atoms with Gasteiger partial charge in [-0.15, -0.1) is 0 Å². The SMILES string of the molecule is O=C1CC(c2ccsc2)C(c2cccc(F)c2)C(=O)N1. The van der Waals surface area contributed by atoms with Crippen LogP contribution < -0.4 is 5.32 Å². The van der Waals surface area contributed by atoms with Crippen molar-refractivity contribution in [3.8, 4) is 0 Å². The number of piperidine rings is 1. The number of benzene rings is 1. The molecule has 5 heteroatoms. The lowest BCUT2D eigenvalue weighted by molar-refractivity contribution is -0.135. The molecule has 3 rings (SSSR count). The van der Waals surface area contributed by atoms with Gasteiger partial charge < -0.3 is 0 Å². The van der Waals surface area contributed by atoms with Crippen LogP contribution in [0.5, 0.6) is 0 Å². The molecule has 102 valence electrons. The van der Waals surface area contributed by atoms with Crippen molar-refractivity contribution in [3.05, 3.63) is 58.0 Å². The minimum Gasteiger partial charge on any atom is -0.296 e. The van der Waals surface area contributed by atoms with Gasteiger partial charge in [0.2, 0.25) is 11.8 Å². The second kappa shape index (κ2) is 5.17. The van der Waals surface area contributed by atoms with Gasteiger partial charge in [0.15, 0.2) is 0 Å². The fourth-order valence-electron chi connectivity index (χ4n) is 2.65. The summed E-state index contributed by atoms with van der Waals surface area (Å²) in [5.41, 5.74) is 1.55. The van der Waals surface area contributed by atoms with E-state index < -0.39 is 5.92 Å². The Hall–Kier alpha value is -2.01. The number of hydrogen-bond donors (Lipinski definition) is 1. The Balaban J connectivity index is 2.04. The maximum atomic E-state index is 13.4. The molecule has 2 unspecified atom stereocenters. The third-order valence-electron chi connectivity index (χ3n) is 3.53. The van der Waals surface area contributed by atoms with Gasteiger partial charge in [-0.25, -0.2) is 4.39 Å². The van der Waals surface area contributed by atoms with Gasteiger partial charge in [0.25, 0.3) is 0 Å². The van der Waals surface area contributed by atoms with E-state index in [0.29, 0.717) is 5.56 Å². The third-order valence-corrected chi connectivity index (χ3v) is 4.23. The average molecular weight is 289 g/mol. The number of carbonyl (C=O) groups excluding carboxylic acids is 2. The highest BCUT2D eigenvalue weighted by Gasteiger charge is 2.38. The van der Waals surface area contributed by atoms with Crippen molar-refractivity contribution in [1.82, 2.24) is 5.32 Å². The Morgan fingerprint density at radius 1 is 1.20 bits per heavy atom. The van der Waals surface area contributed by atoms with Crippen LogP contribution in [0.4, 0.5) is 4.39 Å². The molecule has 1 fully saturated rings. The molecule has 0 spiro atoms. The molecule has 2 amide bonds. The molecule has 3 nitrogen and oxygen atoms in total. The maximum Gasteiger partial charge on any atom is 0.234 e. The summed E-state index contributed by atoms with van der Waals surface area (Å²) in [6.45, 7) is 0. The van der Waals surface area contributed by atoms with E-state index in [4.69, 9.17) is 0 Å². The quantitative estimate of drug-likeness (QED) is 0.864. The molecule has 2 heterocycles. The zero-order chi connectivity index (χ0) is 14.1. The van der Waals surface area contributed by atoms with E-state index in [0.717, 1.165) is 5.56 Å². The number of amides is 2. The van der Waals surface area contributed by atoms with Gasteiger partial charge in [-0.1, -0.05) is 12.1 Å². The van der Waals surface area contributed by atoms with Crippen LogP contribution in [-0.4, -0.2) is 11.8 Å². The molecule has 1 saturated heterocycles. The summed E-state index contributed by atoms with van der Waals surface area (Å²) < 4.78 is 13.4. The maximum absolute atomic E-state index is 13.4. The Morgan fingerprint density at radius 3 is 2.75 bits per heavy atom. The van der Waals surface area contributed by atoms with Crippen LogP contribution in [0, 0.1) is 5.82 Å². The van der Waals surface area contributed by atoms with Crippen molar-refractivity contribution in [2.75, 3.05) is 0 Å². The summed E-state index contributed by atoms with van der Waals surface area (Å²) in [6, 6.07) is 7.92. The smallest absolute Gasteiger partial charge is 0.234 e. The average Bonchev–Trinajstić information content (AvgIpc) is 2.91. The van der Waals surface area contributed by atoms with Crippen molar-refractivity contribution in [1.29, 1.82) is 0 Å². The van der Waals surface area contributed by atoms with Crippen LogP contribution >= 0.6 is 11.3 Å². The van der Waals surface area contributed by atoms with Gasteiger partial charge in [0.1, 0.15) is 5.82 Å². The fraction of sp³-hybridized carbons (Fsp3) is 0.200. The summed E-state index contributed by atoms with van der Waals surface area (Å²) >= 11 is 1.52. The molecule has 0 saturated carbocycles. The van der Waals surface area contributed by atoms with Crippen LogP contribution in [0.15, 0.2) is 41.1 Å². The molecule has 0 bridgehead atoms. The predicted octanol–water partition coefficient (Wildman–Crippen LogP) is 2.80. The topological polar surface area (TPSA) is 46.2 Å². The van der Waals surface area contributed by atoms with Crippen LogP contribution in [0.2, 0.25) is 0 Å². The molecule has 1 aromatic heterocycles. The van der Waals surface area contributed by atoms with Crippen molar-refractivity contribution < 1.29 is 14.0 Å². The van der Waals surface area contributed by atoms with Crippen molar-refractivity contribution in [2.45, 2.75) is 18.3 Å². The lowest BCUT2D eigenvalue weighted by Gasteiger charge is -2.30. The number of carbonyl (C=O) groups is 2. The molecule has 20 heavy (non-hydrogen) atoms. The summed E-state index contributed by atoms with van der Waals surface area (Å²) in [5, 5.41) is 6.19. The van der Waals surface area contributed by atoms with Crippen LogP contribution in [-0.2, 0) is 9.59 Å².